The third kappa shape index (κ3) is 3.86. The second kappa shape index (κ2) is 6.03. The van der Waals surface area contributed by atoms with Crippen molar-refractivity contribution >= 4 is 33.2 Å². The van der Waals surface area contributed by atoms with Crippen LogP contribution >= 0.6 is 11.6 Å². The van der Waals surface area contributed by atoms with Crippen molar-refractivity contribution in [3.63, 3.8) is 0 Å². The average Bonchev–Trinajstić information content (AvgIpc) is 2.31. The Bertz CT molecular complexity index is 545. The van der Waals surface area contributed by atoms with Gasteiger partial charge >= 0.3 is 0 Å². The number of anilines is 1. The van der Waals surface area contributed by atoms with Crippen molar-refractivity contribution in [2.45, 2.75) is 11.3 Å². The predicted molar refractivity (Wildman–Crippen MR) is 69.7 cm³/mol. The summed E-state index contributed by atoms with van der Waals surface area (Å²) in [4.78, 5) is 10.9. The topological polar surface area (TPSA) is 101 Å². The van der Waals surface area contributed by atoms with Crippen LogP contribution in [0.15, 0.2) is 23.1 Å². The first-order valence-corrected chi connectivity index (χ1v) is 6.98. The number of carbonyl (C=O) groups is 1. The number of hydrogen-bond acceptors (Lipinski definition) is 4. The highest BCUT2D eigenvalue weighted by Crippen LogP contribution is 2.23. The van der Waals surface area contributed by atoms with Gasteiger partial charge in [0.25, 0.3) is 0 Å². The van der Waals surface area contributed by atoms with E-state index in [-0.39, 0.29) is 28.8 Å². The van der Waals surface area contributed by atoms with Gasteiger partial charge in [-0.25, -0.2) is 13.1 Å². The van der Waals surface area contributed by atoms with Gasteiger partial charge in [-0.1, -0.05) is 11.6 Å². The molecule has 0 radical (unpaired) electrons. The molecule has 8 heteroatoms. The van der Waals surface area contributed by atoms with Crippen LogP contribution in [0, 0.1) is 0 Å². The van der Waals surface area contributed by atoms with E-state index in [1.165, 1.54) is 25.2 Å². The lowest BCUT2D eigenvalue weighted by Gasteiger charge is -2.08. The van der Waals surface area contributed by atoms with Gasteiger partial charge in [-0.15, -0.1) is 0 Å². The third-order valence-electron chi connectivity index (χ3n) is 2.17. The zero-order valence-corrected chi connectivity index (χ0v) is 11.3. The fraction of sp³-hybridized carbons (Fsp3) is 0.300. The average molecular weight is 292 g/mol. The lowest BCUT2D eigenvalue weighted by atomic mass is 10.3. The van der Waals surface area contributed by atoms with Gasteiger partial charge in [0, 0.05) is 25.7 Å². The zero-order valence-electron chi connectivity index (χ0n) is 9.73. The Balaban J connectivity index is 2.80. The quantitative estimate of drug-likeness (QED) is 0.681. The van der Waals surface area contributed by atoms with Crippen LogP contribution in [0.25, 0.3) is 0 Å². The Morgan fingerprint density at radius 3 is 2.72 bits per heavy atom. The summed E-state index contributed by atoms with van der Waals surface area (Å²) in [5.74, 6) is -0.253. The first-order chi connectivity index (χ1) is 8.36. The molecular formula is C10H14ClN3O3S. The maximum Gasteiger partial charge on any atom is 0.242 e. The van der Waals surface area contributed by atoms with Crippen molar-refractivity contribution in [3.8, 4) is 0 Å². The molecule has 0 heterocycles. The van der Waals surface area contributed by atoms with Gasteiger partial charge in [0.2, 0.25) is 15.9 Å². The molecule has 0 saturated carbocycles. The van der Waals surface area contributed by atoms with Crippen LogP contribution in [-0.4, -0.2) is 27.9 Å². The first kappa shape index (κ1) is 14.7. The van der Waals surface area contributed by atoms with Crippen LogP contribution in [0.5, 0.6) is 0 Å². The van der Waals surface area contributed by atoms with E-state index in [2.05, 4.69) is 10.0 Å². The van der Waals surface area contributed by atoms with Gasteiger partial charge in [-0.3, -0.25) is 4.79 Å². The molecule has 18 heavy (non-hydrogen) atoms. The molecule has 1 rings (SSSR count). The van der Waals surface area contributed by atoms with Gasteiger partial charge in [-0.05, 0) is 18.2 Å². The minimum absolute atomic E-state index is 0.00681. The first-order valence-electron chi connectivity index (χ1n) is 5.12. The van der Waals surface area contributed by atoms with E-state index in [0.717, 1.165) is 0 Å². The molecule has 100 valence electrons. The normalized spacial score (nSPS) is 11.2. The van der Waals surface area contributed by atoms with E-state index in [1.807, 2.05) is 0 Å². The predicted octanol–water partition coefficient (Wildman–Crippen LogP) is 0.337. The van der Waals surface area contributed by atoms with E-state index in [4.69, 9.17) is 17.3 Å². The van der Waals surface area contributed by atoms with Crippen LogP contribution in [0.3, 0.4) is 0 Å². The summed E-state index contributed by atoms with van der Waals surface area (Å²) in [6, 6.07) is 4.18. The molecule has 0 spiro atoms. The molecule has 4 N–H and O–H groups in total. The molecule has 6 nitrogen and oxygen atoms in total. The third-order valence-corrected chi connectivity index (χ3v) is 4.11. The van der Waals surface area contributed by atoms with Crippen LogP contribution in [0.4, 0.5) is 5.69 Å². The van der Waals surface area contributed by atoms with Crippen molar-refractivity contribution in [1.29, 1.82) is 0 Å². The number of nitrogens with one attached hydrogen (secondary N) is 2. The fourth-order valence-electron chi connectivity index (χ4n) is 1.23. The molecule has 0 aliphatic heterocycles. The van der Waals surface area contributed by atoms with E-state index >= 15 is 0 Å². The lowest BCUT2D eigenvalue weighted by molar-refractivity contribution is -0.120. The summed E-state index contributed by atoms with van der Waals surface area (Å²) in [5.41, 5.74) is 5.80. The number of halogens is 1. The Morgan fingerprint density at radius 1 is 1.44 bits per heavy atom. The largest absolute Gasteiger partial charge is 0.399 e. The van der Waals surface area contributed by atoms with E-state index in [1.54, 1.807) is 0 Å². The van der Waals surface area contributed by atoms with Crippen molar-refractivity contribution in [3.05, 3.63) is 23.2 Å². The van der Waals surface area contributed by atoms with Crippen molar-refractivity contribution in [2.75, 3.05) is 19.3 Å². The standard InChI is InChI=1S/C10H14ClN3O3S/c1-13-10(15)4-5-14-18(16,17)9-6-7(12)2-3-8(9)11/h2-3,6,14H,4-5,12H2,1H3,(H,13,15). The Labute approximate surface area is 111 Å². The summed E-state index contributed by atoms with van der Waals surface area (Å²) in [5, 5.41) is 2.47. The van der Waals surface area contributed by atoms with Crippen LogP contribution < -0.4 is 15.8 Å². The van der Waals surface area contributed by atoms with Crippen molar-refractivity contribution in [1.82, 2.24) is 10.0 Å². The Kier molecular flexibility index (Phi) is 4.94. The monoisotopic (exact) mass is 291 g/mol. The Hall–Kier alpha value is -1.31. The highest BCUT2D eigenvalue weighted by molar-refractivity contribution is 7.89. The number of benzene rings is 1. The molecular weight excluding hydrogens is 278 g/mol. The van der Waals surface area contributed by atoms with Gasteiger partial charge < -0.3 is 11.1 Å². The smallest absolute Gasteiger partial charge is 0.242 e. The van der Waals surface area contributed by atoms with E-state index in [0.29, 0.717) is 5.69 Å². The summed E-state index contributed by atoms with van der Waals surface area (Å²) in [7, 11) is -2.28. The van der Waals surface area contributed by atoms with Crippen molar-refractivity contribution in [2.24, 2.45) is 0 Å². The number of carbonyl (C=O) groups excluding carboxylic acids is 1. The van der Waals surface area contributed by atoms with Gasteiger partial charge in [-0.2, -0.15) is 0 Å². The molecule has 0 aromatic heterocycles. The lowest BCUT2D eigenvalue weighted by Crippen LogP contribution is -2.29. The number of hydrogen-bond donors (Lipinski definition) is 3. The van der Waals surface area contributed by atoms with E-state index < -0.39 is 10.0 Å². The summed E-state index contributed by atoms with van der Waals surface area (Å²) >= 11 is 5.80. The molecule has 1 aromatic rings. The van der Waals surface area contributed by atoms with E-state index in [9.17, 15) is 13.2 Å². The second-order valence-electron chi connectivity index (χ2n) is 3.51. The molecule has 0 atom stereocenters. The van der Waals surface area contributed by atoms with Gasteiger partial charge in [0.15, 0.2) is 0 Å². The van der Waals surface area contributed by atoms with Crippen molar-refractivity contribution < 1.29 is 13.2 Å². The molecule has 0 fully saturated rings. The fourth-order valence-corrected chi connectivity index (χ4v) is 2.79. The number of nitrogen functional groups attached to an aromatic ring is 1. The van der Waals surface area contributed by atoms with Gasteiger partial charge in [0.1, 0.15) is 4.90 Å². The minimum atomic E-state index is -3.76. The van der Waals surface area contributed by atoms with Gasteiger partial charge in [0.05, 0.1) is 5.02 Å². The van der Waals surface area contributed by atoms with Crippen LogP contribution in [0.2, 0.25) is 5.02 Å². The highest BCUT2D eigenvalue weighted by Gasteiger charge is 2.18. The Morgan fingerprint density at radius 2 is 2.11 bits per heavy atom. The summed E-state index contributed by atoms with van der Waals surface area (Å²) < 4.78 is 26.1. The number of sulfonamides is 1. The molecule has 1 aromatic carbocycles. The SMILES string of the molecule is CNC(=O)CCNS(=O)(=O)c1cc(N)ccc1Cl. The molecule has 0 aliphatic carbocycles. The number of rotatable bonds is 5. The van der Waals surface area contributed by atoms with Crippen LogP contribution in [-0.2, 0) is 14.8 Å². The molecule has 0 bridgehead atoms. The second-order valence-corrected chi connectivity index (χ2v) is 5.65. The summed E-state index contributed by atoms with van der Waals surface area (Å²) in [6.07, 6.45) is 0.0513. The molecule has 0 saturated heterocycles. The summed E-state index contributed by atoms with van der Waals surface area (Å²) in [6.45, 7) is -0.00681. The van der Waals surface area contributed by atoms with Crippen LogP contribution in [0.1, 0.15) is 6.42 Å². The maximum absolute atomic E-state index is 11.9. The maximum atomic E-state index is 11.9. The minimum Gasteiger partial charge on any atom is -0.399 e. The number of nitrogens with two attached hydrogens (primary N) is 1. The highest BCUT2D eigenvalue weighted by atomic mass is 35.5. The molecule has 0 unspecified atom stereocenters. The zero-order chi connectivity index (χ0) is 13.8. The number of amides is 1. The molecule has 0 aliphatic rings. The molecule has 1 amide bonds.